The predicted octanol–water partition coefficient (Wildman–Crippen LogP) is 2.26. The zero-order valence-corrected chi connectivity index (χ0v) is 47.6. The lowest BCUT2D eigenvalue weighted by atomic mass is 9.99. The van der Waals surface area contributed by atoms with E-state index in [1.807, 2.05) is 62.3 Å². The summed E-state index contributed by atoms with van der Waals surface area (Å²) in [6.45, 7) is 23.3. The number of hydrogen-bond acceptors (Lipinski definition) is 26. The molecule has 9 unspecified atom stereocenters. The highest BCUT2D eigenvalue weighted by Crippen LogP contribution is 2.47. The van der Waals surface area contributed by atoms with Crippen molar-refractivity contribution in [3.8, 4) is 0 Å². The molecule has 0 amide bonds. The third kappa shape index (κ3) is 14.3. The van der Waals surface area contributed by atoms with Gasteiger partial charge in [0.15, 0.2) is 59.9 Å². The van der Waals surface area contributed by atoms with E-state index in [2.05, 4.69) is 20.1 Å². The van der Waals surface area contributed by atoms with Crippen LogP contribution in [0.5, 0.6) is 0 Å². The molecule has 0 spiro atoms. The summed E-state index contributed by atoms with van der Waals surface area (Å²) in [5.74, 6) is -4.55. The van der Waals surface area contributed by atoms with Gasteiger partial charge in [0.2, 0.25) is 0 Å². The van der Waals surface area contributed by atoms with Gasteiger partial charge in [-0.15, -0.1) is 0 Å². The van der Waals surface area contributed by atoms with E-state index in [9.17, 15) is 23.7 Å². The molecule has 31 heteroatoms. The molecule has 10 aliphatic heterocycles. The zero-order chi connectivity index (χ0) is 58.7. The standard InChI is InChI=1S/C19H26O8S.C12H19N3O5.C12H20O6.C6H11N3O5/c1-11-6-8-12(9-7-11)28(20,21)22-10-13-14-15(25-18(2,3)24-14)16-17(23-13)27-19(4,5)26-16;1-11(2)17-7-6(5-14-15-13)16-10-9(8(7)18-11)19-12(3,4)20-10;1-11(2)15-7-6(5-13)14-10-9(8(7)16-11)17-12(3,4)18-10;7-9-8-1-2-3(10)4(11)5(12)6(13)14-2/h6-9,13-17H,10H2,1-5H3;6-10H,5H2,1-4H3;6-10,13H,5H2,1-4H3;2-6,10-13H,1H2/t13?,14-,15-,16?,17+;2*6?,7-,8-,9?,10+;2?,3-,4-,5?,6?/m0000/s1. The highest BCUT2D eigenvalue weighted by molar-refractivity contribution is 7.86. The van der Waals surface area contributed by atoms with Gasteiger partial charge in [0.25, 0.3) is 10.1 Å². The van der Waals surface area contributed by atoms with E-state index in [0.29, 0.717) is 0 Å². The second kappa shape index (κ2) is 23.8. The molecule has 0 bridgehead atoms. The van der Waals surface area contributed by atoms with Crippen LogP contribution in [0, 0.1) is 6.92 Å². The Morgan fingerprint density at radius 1 is 0.475 bits per heavy atom. The first-order valence-corrected chi connectivity index (χ1v) is 27.6. The molecule has 1 aromatic carbocycles. The molecule has 452 valence electrons. The Morgan fingerprint density at radius 3 is 1.25 bits per heavy atom. The van der Waals surface area contributed by atoms with Crippen molar-refractivity contribution in [3.63, 3.8) is 0 Å². The maximum Gasteiger partial charge on any atom is 0.297 e. The van der Waals surface area contributed by atoms with E-state index in [0.717, 1.165) is 5.56 Å². The van der Waals surface area contributed by atoms with Gasteiger partial charge in [0.05, 0.1) is 43.4 Å². The van der Waals surface area contributed by atoms with Gasteiger partial charge < -0.3 is 101 Å². The van der Waals surface area contributed by atoms with E-state index < -0.39 is 131 Å². The summed E-state index contributed by atoms with van der Waals surface area (Å²) in [5.41, 5.74) is 17.5. The van der Waals surface area contributed by atoms with Crippen LogP contribution in [0.1, 0.15) is 88.6 Å². The first kappa shape index (κ1) is 62.9. The normalized spacial score (nSPS) is 42.3. The summed E-state index contributed by atoms with van der Waals surface area (Å²) in [4.78, 5) is 5.30. The number of benzene rings is 1. The second-order valence-corrected chi connectivity index (χ2v) is 24.8. The molecular weight excluding hydrogens is 1090 g/mol. The number of aliphatic hydroxyl groups excluding tert-OH is 5. The van der Waals surface area contributed by atoms with Gasteiger partial charge in [0.1, 0.15) is 85.5 Å². The maximum absolute atomic E-state index is 12.5. The van der Waals surface area contributed by atoms with Crippen molar-refractivity contribution in [3.05, 3.63) is 50.7 Å². The SMILES string of the molecule is CC1(C)OC2[C@H](OC(CN=[N+]=[N-])[C@@H]3OC(C)(C)O[C@H]23)O1.CC1(C)OC2[C@H](OC(CO)[C@@H]3OC(C)(C)O[C@H]23)O1.Cc1ccc(S(=O)(=O)OCC2O[C@@H]3OC(C)(C)OC3[C@H]3OC(C)(C)O[C@@H]23)cc1.[N-]=[N+]=NCC1OC(O)C(O)[C@@H](O)[C@H]1O. The van der Waals surface area contributed by atoms with Crippen LogP contribution in [-0.4, -0.2) is 218 Å². The summed E-state index contributed by atoms with van der Waals surface area (Å²) in [6.07, 6.45) is -13.7. The van der Waals surface area contributed by atoms with Crippen LogP contribution in [0.3, 0.4) is 0 Å². The number of aryl methyl sites for hydroxylation is 1. The molecule has 30 nitrogen and oxygen atoms in total. The first-order chi connectivity index (χ1) is 37.2. The third-order valence-corrected chi connectivity index (χ3v) is 15.3. The number of aliphatic hydroxyl groups is 5. The molecule has 1 aromatic rings. The van der Waals surface area contributed by atoms with Crippen LogP contribution < -0.4 is 0 Å². The van der Waals surface area contributed by atoms with Crippen molar-refractivity contribution in [2.75, 3.05) is 26.3 Å². The second-order valence-electron chi connectivity index (χ2n) is 23.2. The molecule has 11 rings (SSSR count). The average Bonchev–Trinajstić information content (AvgIpc) is 4.40. The van der Waals surface area contributed by atoms with Gasteiger partial charge in [-0.2, -0.15) is 8.42 Å². The number of hydrogen-bond donors (Lipinski definition) is 5. The summed E-state index contributed by atoms with van der Waals surface area (Å²) in [6, 6.07) is 6.46. The van der Waals surface area contributed by atoms with Gasteiger partial charge >= 0.3 is 0 Å². The lowest BCUT2D eigenvalue weighted by Crippen LogP contribution is -2.58. The van der Waals surface area contributed by atoms with Gasteiger partial charge in [0, 0.05) is 9.82 Å². The van der Waals surface area contributed by atoms with Crippen LogP contribution in [0.2, 0.25) is 0 Å². The van der Waals surface area contributed by atoms with Gasteiger partial charge in [-0.1, -0.05) is 27.9 Å². The Kier molecular flexibility index (Phi) is 18.7. The fourth-order valence-corrected chi connectivity index (χ4v) is 11.7. The van der Waals surface area contributed by atoms with Crippen molar-refractivity contribution in [1.29, 1.82) is 0 Å². The van der Waals surface area contributed by atoms with Crippen molar-refractivity contribution >= 4 is 10.1 Å². The first-order valence-electron chi connectivity index (χ1n) is 26.2. The monoisotopic (exact) mass is 1160 g/mol. The smallest absolute Gasteiger partial charge is 0.297 e. The fraction of sp³-hybridized carbons (Fsp3) is 0.878. The molecule has 0 aromatic heterocycles. The molecule has 0 aliphatic carbocycles. The minimum absolute atomic E-state index is 0.0915. The summed E-state index contributed by atoms with van der Waals surface area (Å²) < 4.78 is 123. The van der Waals surface area contributed by atoms with E-state index in [1.165, 1.54) is 12.1 Å². The highest BCUT2D eigenvalue weighted by Gasteiger charge is 2.63. The van der Waals surface area contributed by atoms with Crippen LogP contribution in [0.25, 0.3) is 20.9 Å². The molecule has 10 aliphatic rings. The summed E-state index contributed by atoms with van der Waals surface area (Å²) in [5, 5.41) is 52.8. The van der Waals surface area contributed by atoms with Crippen LogP contribution >= 0.6 is 0 Å². The lowest BCUT2D eigenvalue weighted by Gasteiger charge is -2.37. The largest absolute Gasteiger partial charge is 0.394 e. The van der Waals surface area contributed by atoms with E-state index >= 15 is 0 Å². The van der Waals surface area contributed by atoms with Crippen LogP contribution in [0.15, 0.2) is 39.4 Å². The molecule has 0 radical (unpaired) electrons. The number of rotatable bonds is 9. The van der Waals surface area contributed by atoms with Gasteiger partial charge in [-0.3, -0.25) is 4.18 Å². The van der Waals surface area contributed by atoms with Crippen molar-refractivity contribution in [1.82, 2.24) is 0 Å². The van der Waals surface area contributed by atoms with Crippen LogP contribution in [-0.2, 0) is 90.1 Å². The molecule has 10 fully saturated rings. The molecule has 10 saturated heterocycles. The van der Waals surface area contributed by atoms with Crippen molar-refractivity contribution in [2.24, 2.45) is 10.2 Å². The molecule has 5 N–H and O–H groups in total. The Bertz CT molecular complexity index is 2520. The Balaban J connectivity index is 0.000000145. The zero-order valence-electron chi connectivity index (χ0n) is 46.8. The number of nitrogens with zero attached hydrogens (tertiary/aromatic N) is 6. The van der Waals surface area contributed by atoms with Crippen LogP contribution in [0.4, 0.5) is 0 Å². The third-order valence-electron chi connectivity index (χ3n) is 14.0. The number of fused-ring (bicyclic) bond motifs is 9. The minimum atomic E-state index is -3.93. The molecular formula is C49H76N6O24S. The van der Waals surface area contributed by atoms with Crippen molar-refractivity contribution < 1.29 is 114 Å². The molecule has 80 heavy (non-hydrogen) atoms. The number of ether oxygens (including phenoxy) is 16. The molecule has 20 atom stereocenters. The number of azide groups is 2. The minimum Gasteiger partial charge on any atom is -0.394 e. The highest BCUT2D eigenvalue weighted by atomic mass is 32.2. The average molecular weight is 1170 g/mol. The predicted molar refractivity (Wildman–Crippen MR) is 266 cm³/mol. The van der Waals surface area contributed by atoms with Crippen molar-refractivity contribution in [2.45, 2.75) is 252 Å². The Labute approximate surface area is 462 Å². The quantitative estimate of drug-likeness (QED) is 0.102. The van der Waals surface area contributed by atoms with E-state index in [1.54, 1.807) is 39.8 Å². The molecule has 0 saturated carbocycles. The van der Waals surface area contributed by atoms with E-state index in [4.69, 9.17) is 101 Å². The summed E-state index contributed by atoms with van der Waals surface area (Å²) >= 11 is 0. The fourth-order valence-electron chi connectivity index (χ4n) is 10.8. The maximum atomic E-state index is 12.5. The van der Waals surface area contributed by atoms with Gasteiger partial charge in [-0.05, 0) is 113 Å². The lowest BCUT2D eigenvalue weighted by molar-refractivity contribution is -0.279. The summed E-state index contributed by atoms with van der Waals surface area (Å²) in [7, 11) is -3.93. The molecule has 10 heterocycles. The van der Waals surface area contributed by atoms with Gasteiger partial charge in [-0.25, -0.2) is 0 Å². The van der Waals surface area contributed by atoms with E-state index in [-0.39, 0.29) is 67.8 Å². The Morgan fingerprint density at radius 2 is 0.825 bits per heavy atom. The Hall–Kier alpha value is -3.09. The topological polar surface area (TPSA) is 390 Å².